The third kappa shape index (κ3) is 3.33. The molecule has 2 atom stereocenters. The molecule has 0 radical (unpaired) electrons. The van der Waals surface area contributed by atoms with Gasteiger partial charge in [-0.15, -0.1) is 0 Å². The first kappa shape index (κ1) is 13.2. The van der Waals surface area contributed by atoms with Crippen LogP contribution in [0.1, 0.15) is 31.4 Å². The van der Waals surface area contributed by atoms with Gasteiger partial charge < -0.3 is 19.2 Å². The van der Waals surface area contributed by atoms with Crippen LogP contribution < -0.4 is 5.32 Å². The van der Waals surface area contributed by atoms with Crippen LogP contribution in [0.4, 0.5) is 0 Å². The zero-order chi connectivity index (χ0) is 12.1. The van der Waals surface area contributed by atoms with Crippen LogP contribution in [0.15, 0.2) is 16.5 Å². The van der Waals surface area contributed by atoms with Crippen molar-refractivity contribution >= 4 is 0 Å². The van der Waals surface area contributed by atoms with E-state index in [1.54, 1.807) is 14.2 Å². The van der Waals surface area contributed by atoms with Crippen LogP contribution in [0.2, 0.25) is 0 Å². The van der Waals surface area contributed by atoms with Crippen molar-refractivity contribution in [2.75, 3.05) is 14.2 Å². The van der Waals surface area contributed by atoms with Gasteiger partial charge in [-0.2, -0.15) is 0 Å². The van der Waals surface area contributed by atoms with Gasteiger partial charge in [0.15, 0.2) is 6.29 Å². The van der Waals surface area contributed by atoms with Gasteiger partial charge in [0.1, 0.15) is 11.5 Å². The van der Waals surface area contributed by atoms with Crippen molar-refractivity contribution in [3.63, 3.8) is 0 Å². The molecule has 2 unspecified atom stereocenters. The highest BCUT2D eigenvalue weighted by molar-refractivity contribution is 5.09. The highest BCUT2D eigenvalue weighted by atomic mass is 16.7. The first-order valence-corrected chi connectivity index (χ1v) is 5.46. The van der Waals surface area contributed by atoms with E-state index < -0.39 is 0 Å². The molecular weight excluding hydrogens is 206 g/mol. The van der Waals surface area contributed by atoms with Crippen molar-refractivity contribution in [3.05, 3.63) is 23.7 Å². The molecule has 0 aliphatic rings. The summed E-state index contributed by atoms with van der Waals surface area (Å²) >= 11 is 0. The van der Waals surface area contributed by atoms with Crippen LogP contribution in [0, 0.1) is 6.92 Å². The maximum absolute atomic E-state index is 5.55. The molecule has 1 N–H and O–H groups in total. The van der Waals surface area contributed by atoms with E-state index in [9.17, 15) is 0 Å². The monoisotopic (exact) mass is 227 g/mol. The second-order valence-corrected chi connectivity index (χ2v) is 3.97. The Bertz CT molecular complexity index is 307. The van der Waals surface area contributed by atoms with Crippen LogP contribution in [0.25, 0.3) is 0 Å². The molecular formula is C12H21NO3. The Morgan fingerprint density at radius 2 is 1.81 bits per heavy atom. The summed E-state index contributed by atoms with van der Waals surface area (Å²) in [5, 5.41) is 3.37. The van der Waals surface area contributed by atoms with E-state index in [1.807, 2.05) is 26.0 Å². The summed E-state index contributed by atoms with van der Waals surface area (Å²) < 4.78 is 15.9. The number of hydrogen-bond acceptors (Lipinski definition) is 4. The molecule has 0 spiro atoms. The molecule has 0 saturated heterocycles. The zero-order valence-electron chi connectivity index (χ0n) is 10.6. The number of ether oxygens (including phenoxy) is 2. The van der Waals surface area contributed by atoms with E-state index in [2.05, 4.69) is 12.2 Å². The average Bonchev–Trinajstić information content (AvgIpc) is 2.66. The van der Waals surface area contributed by atoms with E-state index in [0.29, 0.717) is 0 Å². The smallest absolute Gasteiger partial charge is 0.171 e. The topological polar surface area (TPSA) is 43.6 Å². The molecule has 16 heavy (non-hydrogen) atoms. The van der Waals surface area contributed by atoms with Gasteiger partial charge in [0, 0.05) is 14.2 Å². The van der Waals surface area contributed by atoms with Crippen LogP contribution in [0.3, 0.4) is 0 Å². The lowest BCUT2D eigenvalue weighted by Gasteiger charge is -2.24. The van der Waals surface area contributed by atoms with Crippen LogP contribution in [0.5, 0.6) is 0 Å². The normalized spacial score (nSPS) is 15.4. The average molecular weight is 227 g/mol. The Morgan fingerprint density at radius 1 is 1.19 bits per heavy atom. The second kappa shape index (κ2) is 6.03. The minimum Gasteiger partial charge on any atom is -0.465 e. The van der Waals surface area contributed by atoms with Gasteiger partial charge in [-0.25, -0.2) is 0 Å². The predicted molar refractivity (Wildman–Crippen MR) is 62.3 cm³/mol. The second-order valence-electron chi connectivity index (χ2n) is 3.97. The maximum atomic E-state index is 5.55. The van der Waals surface area contributed by atoms with Crippen LogP contribution >= 0.6 is 0 Å². The summed E-state index contributed by atoms with van der Waals surface area (Å²) in [6, 6.07) is 4.17. The fourth-order valence-electron chi connectivity index (χ4n) is 1.75. The molecule has 1 aromatic rings. The molecule has 0 saturated carbocycles. The van der Waals surface area contributed by atoms with Gasteiger partial charge in [0.25, 0.3) is 0 Å². The third-order valence-electron chi connectivity index (χ3n) is 2.57. The molecule has 0 aromatic carbocycles. The van der Waals surface area contributed by atoms with E-state index in [4.69, 9.17) is 13.9 Å². The minimum absolute atomic E-state index is 0.0930. The molecule has 92 valence electrons. The van der Waals surface area contributed by atoms with E-state index in [0.717, 1.165) is 11.5 Å². The summed E-state index contributed by atoms with van der Waals surface area (Å²) in [5.74, 6) is 1.85. The molecule has 1 heterocycles. The van der Waals surface area contributed by atoms with Crippen molar-refractivity contribution in [1.29, 1.82) is 0 Å². The number of aryl methyl sites for hydroxylation is 1. The van der Waals surface area contributed by atoms with Gasteiger partial charge >= 0.3 is 0 Å². The molecule has 1 rings (SSSR count). The largest absolute Gasteiger partial charge is 0.465 e. The maximum Gasteiger partial charge on any atom is 0.171 e. The highest BCUT2D eigenvalue weighted by Gasteiger charge is 2.19. The molecule has 1 aromatic heterocycles. The van der Waals surface area contributed by atoms with Crippen LogP contribution in [-0.4, -0.2) is 26.6 Å². The molecule has 0 amide bonds. The van der Waals surface area contributed by atoms with Crippen LogP contribution in [-0.2, 0) is 9.47 Å². The van der Waals surface area contributed by atoms with Crippen molar-refractivity contribution in [2.24, 2.45) is 0 Å². The highest BCUT2D eigenvalue weighted by Crippen LogP contribution is 2.17. The fraction of sp³-hybridized carbons (Fsp3) is 0.667. The lowest BCUT2D eigenvalue weighted by Crippen LogP contribution is -2.40. The lowest BCUT2D eigenvalue weighted by molar-refractivity contribution is -0.121. The van der Waals surface area contributed by atoms with Crippen molar-refractivity contribution in [3.8, 4) is 0 Å². The Morgan fingerprint density at radius 3 is 2.25 bits per heavy atom. The summed E-state index contributed by atoms with van der Waals surface area (Å²) in [7, 11) is 3.27. The van der Waals surface area contributed by atoms with E-state index in [-0.39, 0.29) is 18.4 Å². The summed E-state index contributed by atoms with van der Waals surface area (Å²) in [5.41, 5.74) is 0. The number of furan rings is 1. The Labute approximate surface area is 96.9 Å². The first-order chi connectivity index (χ1) is 7.58. The van der Waals surface area contributed by atoms with Crippen molar-refractivity contribution in [2.45, 2.75) is 39.1 Å². The Balaban J connectivity index is 2.53. The Hall–Kier alpha value is -0.840. The minimum atomic E-state index is -0.251. The Kier molecular flexibility index (Phi) is 4.99. The molecule has 4 nitrogen and oxygen atoms in total. The number of hydrogen-bond donors (Lipinski definition) is 1. The molecule has 4 heteroatoms. The quantitative estimate of drug-likeness (QED) is 0.757. The lowest BCUT2D eigenvalue weighted by atomic mass is 10.2. The standard InChI is InChI=1S/C12H21NO3/c1-8-6-7-11(16-8)9(2)13-10(3)12(14-4)15-5/h6-7,9-10,12-13H,1-5H3. The van der Waals surface area contributed by atoms with Gasteiger partial charge in [-0.3, -0.25) is 0 Å². The predicted octanol–water partition coefficient (Wildman–Crippen LogP) is 2.25. The number of methoxy groups -OCH3 is 2. The number of nitrogens with one attached hydrogen (secondary N) is 1. The molecule has 0 bridgehead atoms. The SMILES string of the molecule is COC(OC)C(C)NC(C)c1ccc(C)o1. The third-order valence-corrected chi connectivity index (χ3v) is 2.57. The molecule has 0 aliphatic carbocycles. The van der Waals surface area contributed by atoms with E-state index in [1.165, 1.54) is 0 Å². The number of rotatable bonds is 6. The zero-order valence-corrected chi connectivity index (χ0v) is 10.6. The fourth-order valence-corrected chi connectivity index (χ4v) is 1.75. The summed E-state index contributed by atoms with van der Waals surface area (Å²) in [6.45, 7) is 6.01. The van der Waals surface area contributed by atoms with Crippen molar-refractivity contribution < 1.29 is 13.9 Å². The van der Waals surface area contributed by atoms with Gasteiger partial charge in [-0.1, -0.05) is 0 Å². The van der Waals surface area contributed by atoms with Gasteiger partial charge in [-0.05, 0) is 32.9 Å². The molecule has 0 fully saturated rings. The van der Waals surface area contributed by atoms with Crippen molar-refractivity contribution in [1.82, 2.24) is 5.32 Å². The summed E-state index contributed by atoms with van der Waals surface area (Å²) in [6.07, 6.45) is -0.251. The first-order valence-electron chi connectivity index (χ1n) is 5.46. The summed E-state index contributed by atoms with van der Waals surface area (Å²) in [4.78, 5) is 0. The molecule has 0 aliphatic heterocycles. The van der Waals surface area contributed by atoms with Gasteiger partial charge in [0.05, 0.1) is 12.1 Å². The van der Waals surface area contributed by atoms with Gasteiger partial charge in [0.2, 0.25) is 0 Å². The van der Waals surface area contributed by atoms with E-state index >= 15 is 0 Å².